The van der Waals surface area contributed by atoms with Gasteiger partial charge in [0.05, 0.1) is 36.7 Å². The summed E-state index contributed by atoms with van der Waals surface area (Å²) in [5.41, 5.74) is 0.898. The number of rotatable bonds is 6. The van der Waals surface area contributed by atoms with E-state index >= 15 is 0 Å². The Labute approximate surface area is 205 Å². The van der Waals surface area contributed by atoms with E-state index in [1.165, 1.54) is 10.6 Å². The third kappa shape index (κ3) is 4.57. The van der Waals surface area contributed by atoms with Crippen LogP contribution in [0, 0.1) is 5.41 Å². The summed E-state index contributed by atoms with van der Waals surface area (Å²) in [7, 11) is 0. The van der Waals surface area contributed by atoms with E-state index in [1.807, 2.05) is 48.2 Å². The van der Waals surface area contributed by atoms with E-state index < -0.39 is 11.0 Å². The second-order valence-corrected chi connectivity index (χ2v) is 10.4. The van der Waals surface area contributed by atoms with E-state index in [1.54, 1.807) is 18.9 Å². The summed E-state index contributed by atoms with van der Waals surface area (Å²) in [6.07, 6.45) is 9.50. The Kier molecular flexibility index (Phi) is 6.36. The van der Waals surface area contributed by atoms with E-state index in [4.69, 9.17) is 4.42 Å². The van der Waals surface area contributed by atoms with E-state index in [9.17, 15) is 14.7 Å². The van der Waals surface area contributed by atoms with Gasteiger partial charge >= 0.3 is 0 Å². The van der Waals surface area contributed by atoms with Crippen LogP contribution in [0.15, 0.2) is 70.5 Å². The summed E-state index contributed by atoms with van der Waals surface area (Å²) < 4.78 is 6.71. The van der Waals surface area contributed by atoms with E-state index in [0.29, 0.717) is 31.6 Å². The molecular formula is C28H33N3O4. The van der Waals surface area contributed by atoms with Gasteiger partial charge in [0.1, 0.15) is 0 Å². The third-order valence-corrected chi connectivity index (χ3v) is 8.16. The SMILES string of the molecule is CC(CC(=O)N1CCC(O)(Cn2cnc(-c3ccccc3)cc2=O)C2(CCCC2)C1)c1ccoc1. The molecule has 1 aromatic carbocycles. The molecule has 5 rings (SSSR count). The molecule has 2 atom stereocenters. The first-order valence-corrected chi connectivity index (χ1v) is 12.5. The number of hydrogen-bond acceptors (Lipinski definition) is 5. The maximum Gasteiger partial charge on any atom is 0.253 e. The van der Waals surface area contributed by atoms with Crippen LogP contribution >= 0.6 is 0 Å². The molecule has 7 heteroatoms. The quantitative estimate of drug-likeness (QED) is 0.577. The van der Waals surface area contributed by atoms with Crippen LogP contribution < -0.4 is 5.56 Å². The van der Waals surface area contributed by atoms with Crippen LogP contribution in [-0.4, -0.2) is 44.2 Å². The molecule has 1 saturated heterocycles. The molecule has 2 fully saturated rings. The van der Waals surface area contributed by atoms with Crippen LogP contribution in [0.5, 0.6) is 0 Å². The lowest BCUT2D eigenvalue weighted by atomic mass is 9.65. The molecule has 1 saturated carbocycles. The van der Waals surface area contributed by atoms with Crippen molar-refractivity contribution in [2.75, 3.05) is 13.1 Å². The molecule has 1 N–H and O–H groups in total. The fourth-order valence-corrected chi connectivity index (χ4v) is 5.97. The average Bonchev–Trinajstić information content (AvgIpc) is 3.56. The number of piperidine rings is 1. The first-order chi connectivity index (χ1) is 16.9. The summed E-state index contributed by atoms with van der Waals surface area (Å²) in [6, 6.07) is 13.0. The van der Waals surface area contributed by atoms with Crippen molar-refractivity contribution in [2.24, 2.45) is 5.41 Å². The second kappa shape index (κ2) is 9.46. The summed E-state index contributed by atoms with van der Waals surface area (Å²) in [6.45, 7) is 3.25. The number of nitrogens with zero attached hydrogens (tertiary/aromatic N) is 3. The summed E-state index contributed by atoms with van der Waals surface area (Å²) in [4.78, 5) is 32.6. The first-order valence-electron chi connectivity index (χ1n) is 12.5. The van der Waals surface area contributed by atoms with Gasteiger partial charge in [0.25, 0.3) is 5.56 Å². The monoisotopic (exact) mass is 475 g/mol. The van der Waals surface area contributed by atoms with Gasteiger partial charge in [-0.2, -0.15) is 0 Å². The number of furan rings is 1. The van der Waals surface area contributed by atoms with Gasteiger partial charge in [-0.1, -0.05) is 50.1 Å². The topological polar surface area (TPSA) is 88.6 Å². The maximum atomic E-state index is 13.2. The van der Waals surface area contributed by atoms with Crippen molar-refractivity contribution in [1.82, 2.24) is 14.5 Å². The summed E-state index contributed by atoms with van der Waals surface area (Å²) in [5, 5.41) is 12.0. The van der Waals surface area contributed by atoms with Crippen molar-refractivity contribution in [3.8, 4) is 11.3 Å². The highest BCUT2D eigenvalue weighted by molar-refractivity contribution is 5.77. The molecule has 184 valence electrons. The molecule has 2 aromatic heterocycles. The zero-order valence-corrected chi connectivity index (χ0v) is 20.2. The van der Waals surface area contributed by atoms with Crippen molar-refractivity contribution in [1.29, 1.82) is 0 Å². The van der Waals surface area contributed by atoms with Crippen LogP contribution in [0.3, 0.4) is 0 Å². The molecule has 3 aromatic rings. The Balaban J connectivity index is 1.33. The van der Waals surface area contributed by atoms with Crippen LogP contribution in [0.2, 0.25) is 0 Å². The zero-order chi connectivity index (χ0) is 24.5. The Morgan fingerprint density at radius 2 is 1.94 bits per heavy atom. The van der Waals surface area contributed by atoms with Crippen molar-refractivity contribution in [2.45, 2.75) is 63.5 Å². The molecule has 2 unspecified atom stereocenters. The average molecular weight is 476 g/mol. The Hall–Kier alpha value is -3.19. The Morgan fingerprint density at radius 1 is 1.17 bits per heavy atom. The third-order valence-electron chi connectivity index (χ3n) is 8.16. The maximum absolute atomic E-state index is 13.2. The number of aliphatic hydroxyl groups is 1. The lowest BCUT2D eigenvalue weighted by Gasteiger charge is -2.52. The van der Waals surface area contributed by atoms with Gasteiger partial charge in [0.2, 0.25) is 5.91 Å². The number of hydrogen-bond donors (Lipinski definition) is 1. The fourth-order valence-electron chi connectivity index (χ4n) is 5.97. The standard InChI is InChI=1S/C28H33N3O4/c1-21(23-9-14-35-17-23)15-25(32)30-13-12-28(34,27(18-30)10-5-6-11-27)19-31-20-29-24(16-26(31)33)22-7-3-2-4-8-22/h2-4,7-9,14,16-17,20-21,34H,5-6,10-13,15,18-19H2,1H3. The van der Waals surface area contributed by atoms with Gasteiger partial charge in [-0.15, -0.1) is 0 Å². The predicted molar refractivity (Wildman–Crippen MR) is 133 cm³/mol. The van der Waals surface area contributed by atoms with Gasteiger partial charge in [0.15, 0.2) is 0 Å². The van der Waals surface area contributed by atoms with Crippen molar-refractivity contribution in [3.63, 3.8) is 0 Å². The summed E-state index contributed by atoms with van der Waals surface area (Å²) in [5.74, 6) is 0.187. The van der Waals surface area contributed by atoms with Gasteiger partial charge in [0, 0.05) is 36.6 Å². The minimum absolute atomic E-state index is 0.0781. The van der Waals surface area contributed by atoms with Gasteiger partial charge in [-0.3, -0.25) is 14.2 Å². The molecule has 2 aliphatic rings. The van der Waals surface area contributed by atoms with Crippen molar-refractivity contribution in [3.05, 3.63) is 77.2 Å². The number of carbonyl (C=O) groups excluding carboxylic acids is 1. The van der Waals surface area contributed by atoms with Gasteiger partial charge in [-0.25, -0.2) is 4.98 Å². The first kappa shape index (κ1) is 23.5. The fraction of sp³-hybridized carbons (Fsp3) is 0.464. The predicted octanol–water partition coefficient (Wildman–Crippen LogP) is 4.22. The van der Waals surface area contributed by atoms with Crippen molar-refractivity contribution < 1.29 is 14.3 Å². The molecular weight excluding hydrogens is 442 g/mol. The van der Waals surface area contributed by atoms with Crippen LogP contribution in [0.1, 0.15) is 56.9 Å². The number of likely N-dealkylation sites (tertiary alicyclic amines) is 1. The molecule has 3 heterocycles. The van der Waals surface area contributed by atoms with E-state index in [-0.39, 0.29) is 23.9 Å². The summed E-state index contributed by atoms with van der Waals surface area (Å²) >= 11 is 0. The zero-order valence-electron chi connectivity index (χ0n) is 20.2. The normalized spacial score (nSPS) is 22.4. The smallest absolute Gasteiger partial charge is 0.253 e. The van der Waals surface area contributed by atoms with Gasteiger partial charge in [-0.05, 0) is 36.8 Å². The number of aromatic nitrogens is 2. The number of benzene rings is 1. The largest absolute Gasteiger partial charge is 0.472 e. The minimum Gasteiger partial charge on any atom is -0.472 e. The molecule has 1 spiro atoms. The van der Waals surface area contributed by atoms with E-state index in [2.05, 4.69) is 4.98 Å². The van der Waals surface area contributed by atoms with Gasteiger partial charge < -0.3 is 14.4 Å². The number of amides is 1. The highest BCUT2D eigenvalue weighted by atomic mass is 16.3. The Bertz CT molecular complexity index is 1210. The van der Waals surface area contributed by atoms with Crippen LogP contribution in [0.4, 0.5) is 0 Å². The molecule has 0 radical (unpaired) electrons. The molecule has 35 heavy (non-hydrogen) atoms. The molecule has 7 nitrogen and oxygen atoms in total. The highest BCUT2D eigenvalue weighted by Gasteiger charge is 2.55. The lowest BCUT2D eigenvalue weighted by Crippen LogP contribution is -2.62. The molecule has 1 amide bonds. The lowest BCUT2D eigenvalue weighted by molar-refractivity contribution is -0.160. The van der Waals surface area contributed by atoms with Crippen LogP contribution in [-0.2, 0) is 11.3 Å². The number of carbonyl (C=O) groups is 1. The molecule has 1 aliphatic carbocycles. The highest BCUT2D eigenvalue weighted by Crippen LogP contribution is 2.51. The van der Waals surface area contributed by atoms with Crippen molar-refractivity contribution >= 4 is 5.91 Å². The van der Waals surface area contributed by atoms with Crippen LogP contribution in [0.25, 0.3) is 11.3 Å². The molecule has 1 aliphatic heterocycles. The Morgan fingerprint density at radius 3 is 2.63 bits per heavy atom. The van der Waals surface area contributed by atoms with E-state index in [0.717, 1.165) is 36.8 Å². The second-order valence-electron chi connectivity index (χ2n) is 10.4. The minimum atomic E-state index is -1.06. The molecule has 0 bridgehead atoms.